The van der Waals surface area contributed by atoms with Gasteiger partial charge in [0.05, 0.1) is 111 Å². The van der Waals surface area contributed by atoms with Gasteiger partial charge >= 0.3 is 0 Å². The van der Waals surface area contributed by atoms with Crippen molar-refractivity contribution in [3.05, 3.63) is 204 Å². The summed E-state index contributed by atoms with van der Waals surface area (Å²) in [6.45, 7) is 16.7. The Hall–Kier alpha value is -10.5. The number of ether oxygens (including phenoxy) is 3. The molecule has 0 spiro atoms. The van der Waals surface area contributed by atoms with Gasteiger partial charge in [-0.05, 0) is 107 Å². The molecule has 3 aliphatic heterocycles. The zero-order valence-electron chi connectivity index (χ0n) is 53.4. The summed E-state index contributed by atoms with van der Waals surface area (Å²) in [7, 11) is 0. The maximum Gasteiger partial charge on any atom is 0.274 e. The first-order chi connectivity index (χ1) is 47.6. The summed E-state index contributed by atoms with van der Waals surface area (Å²) >= 11 is 3.30. The highest BCUT2D eigenvalue weighted by molar-refractivity contribution is 9.10. The second kappa shape index (κ2) is 33.3. The van der Waals surface area contributed by atoms with Crippen LogP contribution in [0.5, 0.6) is 0 Å². The van der Waals surface area contributed by atoms with Crippen LogP contribution in [0.25, 0.3) is 56.7 Å². The van der Waals surface area contributed by atoms with E-state index in [1.807, 2.05) is 118 Å². The molecule has 3 amide bonds. The number of nitrogens with one attached hydrogen (secondary N) is 4. The van der Waals surface area contributed by atoms with Gasteiger partial charge in [0.25, 0.3) is 17.7 Å². The van der Waals surface area contributed by atoms with Crippen molar-refractivity contribution >= 4 is 50.7 Å². The second-order valence-electron chi connectivity index (χ2n) is 22.7. The quantitative estimate of drug-likeness (QED) is 0.0522. The van der Waals surface area contributed by atoms with E-state index in [4.69, 9.17) is 24.4 Å². The molecule has 3 fully saturated rings. The number of anilines is 3. The lowest BCUT2D eigenvalue weighted by molar-refractivity contribution is 0.0359. The van der Waals surface area contributed by atoms with E-state index in [2.05, 4.69) is 96.8 Å². The molecule has 0 aromatic carbocycles. The van der Waals surface area contributed by atoms with E-state index in [1.54, 1.807) is 79.8 Å². The van der Waals surface area contributed by atoms with Crippen LogP contribution in [0, 0.1) is 6.92 Å². The standard InChI is InChI=1S/C26H27N7O2.C23H24N8O2.C20H21BrN6O2/c1-19-15-20(17-27-16-19)21-6-4-7-23(29-21)26(34)30-24-18-33(10-9-32-11-13-35-14-12-32)31-25(24)22-5-2-3-8-28-22;32-23(20-6-3-5-18(27-20)17-14-25-26-15-17)28-21-16-31(9-8-30-10-12-33-13-11-30)29-22(21)19-4-1-2-7-24-19;21-18-6-3-5-16(23-18)20(28)24-17-14-27(9-8-26-10-12-29-13-11-26)25-19(17)15-4-1-2-7-22-15/h2-8,15-18H,9-14H2,1H3,(H,30,34);1-7,14-16H,8-13H2,(H,25,26)(H,28,32);1-7,14H,8-13H2,(H,24,28). The summed E-state index contributed by atoms with van der Waals surface area (Å²) in [5, 5.41) is 29.8. The molecule has 27 nitrogen and oxygen atoms in total. The van der Waals surface area contributed by atoms with Crippen LogP contribution in [-0.4, -0.2) is 205 Å². The lowest BCUT2D eigenvalue weighted by atomic mass is 10.1. The van der Waals surface area contributed by atoms with Crippen LogP contribution in [0.2, 0.25) is 0 Å². The highest BCUT2D eigenvalue weighted by Gasteiger charge is 2.23. The number of nitrogens with zero attached hydrogens (tertiary/aromatic N) is 17. The van der Waals surface area contributed by atoms with Crippen LogP contribution in [0.3, 0.4) is 0 Å². The zero-order valence-corrected chi connectivity index (χ0v) is 55.0. The number of amides is 3. The zero-order chi connectivity index (χ0) is 66.6. The van der Waals surface area contributed by atoms with Gasteiger partial charge < -0.3 is 30.2 Å². The molecule has 0 saturated carbocycles. The highest BCUT2D eigenvalue weighted by Crippen LogP contribution is 2.29. The molecule has 11 aromatic heterocycles. The number of H-pyrrole nitrogens is 1. The molecule has 0 aliphatic carbocycles. The first-order valence-corrected chi connectivity index (χ1v) is 32.7. The summed E-state index contributed by atoms with van der Waals surface area (Å²) in [5.41, 5.74) is 10.8. The second-order valence-corrected chi connectivity index (χ2v) is 23.5. The Labute approximate surface area is 567 Å². The minimum atomic E-state index is -0.315. The molecule has 0 atom stereocenters. The van der Waals surface area contributed by atoms with Crippen molar-refractivity contribution in [3.8, 4) is 56.7 Å². The van der Waals surface area contributed by atoms with E-state index in [1.165, 1.54) is 0 Å². The number of pyridine rings is 7. The van der Waals surface area contributed by atoms with Crippen molar-refractivity contribution in [2.24, 2.45) is 0 Å². The third kappa shape index (κ3) is 18.5. The van der Waals surface area contributed by atoms with E-state index in [0.717, 1.165) is 115 Å². The van der Waals surface area contributed by atoms with E-state index < -0.39 is 0 Å². The summed E-state index contributed by atoms with van der Waals surface area (Å²) in [6.07, 6.45) is 17.6. The molecule has 14 heterocycles. The number of carbonyl (C=O) groups excluding carboxylic acids is 3. The first kappa shape index (κ1) is 66.6. The lowest BCUT2D eigenvalue weighted by Gasteiger charge is -2.26. The molecule has 11 aromatic rings. The number of carbonyl (C=O) groups is 3. The fourth-order valence-corrected chi connectivity index (χ4v) is 11.1. The SMILES string of the molecule is Cc1cncc(-c2cccc(C(=O)Nc3cn(CCN4CCOCC4)nc3-c3ccccn3)n2)c1.O=C(Nc1cn(CCN2CCOCC2)nc1-c1ccccn1)c1cccc(-c2cn[nH]c2)n1.O=C(Nc1cn(CCN2CCOCC2)nc1-c1ccccn1)c1cccc(Br)n1. The number of hydrogen-bond donors (Lipinski definition) is 4. The Morgan fingerprint density at radius 1 is 0.454 bits per heavy atom. The van der Waals surface area contributed by atoms with Crippen LogP contribution in [0.15, 0.2) is 182 Å². The van der Waals surface area contributed by atoms with Crippen LogP contribution >= 0.6 is 15.9 Å². The van der Waals surface area contributed by atoms with Crippen LogP contribution in [0.4, 0.5) is 17.1 Å². The van der Waals surface area contributed by atoms with Gasteiger partial charge in [0.15, 0.2) is 0 Å². The number of hydrogen-bond acceptors (Lipinski definition) is 20. The average molecular weight is 1370 g/mol. The topological polar surface area (TPSA) is 297 Å². The van der Waals surface area contributed by atoms with E-state index in [0.29, 0.717) is 104 Å². The van der Waals surface area contributed by atoms with E-state index in [9.17, 15) is 14.4 Å². The molecule has 0 radical (unpaired) electrons. The number of rotatable bonds is 20. The molecular weight excluding hydrogens is 1300 g/mol. The molecule has 0 unspecified atom stereocenters. The van der Waals surface area contributed by atoms with Gasteiger partial charge in [-0.25, -0.2) is 15.0 Å². The minimum absolute atomic E-state index is 0.295. The maximum absolute atomic E-state index is 13.2. The molecule has 14 rings (SSSR count). The summed E-state index contributed by atoms with van der Waals surface area (Å²) in [4.78, 5) is 76.7. The van der Waals surface area contributed by atoms with Crippen molar-refractivity contribution in [2.45, 2.75) is 26.6 Å². The fourth-order valence-electron chi connectivity index (χ4n) is 10.8. The Bertz CT molecular complexity index is 4350. The van der Waals surface area contributed by atoms with Crippen molar-refractivity contribution in [2.75, 3.05) is 114 Å². The van der Waals surface area contributed by atoms with E-state index in [-0.39, 0.29) is 17.7 Å². The van der Waals surface area contributed by atoms with Gasteiger partial charge in [-0.2, -0.15) is 20.4 Å². The number of aromatic nitrogens is 15. The van der Waals surface area contributed by atoms with Crippen molar-refractivity contribution in [3.63, 3.8) is 0 Å². The number of aromatic amines is 1. The normalized spacial score (nSPS) is 14.3. The number of aryl methyl sites for hydroxylation is 1. The van der Waals surface area contributed by atoms with Gasteiger partial charge in [-0.3, -0.25) is 68.2 Å². The molecular formula is C69H72BrN21O6. The summed E-state index contributed by atoms with van der Waals surface area (Å²) in [5.74, 6) is -0.918. The maximum atomic E-state index is 13.2. The number of halogens is 1. The molecule has 3 aliphatic rings. The lowest BCUT2D eigenvalue weighted by Crippen LogP contribution is -2.38. The predicted octanol–water partition coefficient (Wildman–Crippen LogP) is 8.30. The highest BCUT2D eigenvalue weighted by atomic mass is 79.9. The van der Waals surface area contributed by atoms with Gasteiger partial charge in [-0.15, -0.1) is 0 Å². The van der Waals surface area contributed by atoms with Crippen LogP contribution in [0.1, 0.15) is 37.0 Å². The monoisotopic (exact) mass is 1370 g/mol. The Kier molecular flexibility index (Phi) is 22.8. The summed E-state index contributed by atoms with van der Waals surface area (Å²) < 4.78 is 22.4. The van der Waals surface area contributed by atoms with Gasteiger partial charge in [0.1, 0.15) is 38.8 Å². The summed E-state index contributed by atoms with van der Waals surface area (Å²) in [6, 6.07) is 34.8. The molecule has 3 saturated heterocycles. The molecule has 97 heavy (non-hydrogen) atoms. The fraction of sp³-hybridized carbons (Fsp3) is 0.275. The van der Waals surface area contributed by atoms with Crippen LogP contribution in [-0.2, 0) is 33.8 Å². The van der Waals surface area contributed by atoms with Crippen molar-refractivity contribution < 1.29 is 28.6 Å². The Morgan fingerprint density at radius 3 is 1.22 bits per heavy atom. The molecule has 0 bridgehead atoms. The minimum Gasteiger partial charge on any atom is -0.379 e. The van der Waals surface area contributed by atoms with Gasteiger partial charge in [-0.1, -0.05) is 36.4 Å². The third-order valence-electron chi connectivity index (χ3n) is 15.9. The predicted molar refractivity (Wildman–Crippen MR) is 368 cm³/mol. The molecule has 496 valence electrons. The first-order valence-electron chi connectivity index (χ1n) is 31.9. The molecule has 28 heteroatoms. The Morgan fingerprint density at radius 2 is 0.845 bits per heavy atom. The van der Waals surface area contributed by atoms with Gasteiger partial charge in [0, 0.05) is 126 Å². The molecule has 4 N–H and O–H groups in total. The Balaban J connectivity index is 0.000000139. The smallest absolute Gasteiger partial charge is 0.274 e. The van der Waals surface area contributed by atoms with Gasteiger partial charge in [0.2, 0.25) is 0 Å². The van der Waals surface area contributed by atoms with Crippen molar-refractivity contribution in [1.29, 1.82) is 0 Å². The van der Waals surface area contributed by atoms with E-state index >= 15 is 0 Å². The largest absolute Gasteiger partial charge is 0.379 e. The van der Waals surface area contributed by atoms with Crippen LogP contribution < -0.4 is 16.0 Å². The number of morpholine rings is 3. The van der Waals surface area contributed by atoms with Crippen molar-refractivity contribution in [1.82, 2.24) is 89.1 Å². The average Bonchev–Trinajstić information content (AvgIpc) is 1.99. The third-order valence-corrected chi connectivity index (χ3v) is 16.3.